The molecule has 0 aromatic carbocycles. The molecule has 0 aliphatic rings. The minimum Gasteiger partial charge on any atom is -0.466 e. The number of rotatable bonds is 12. The van der Waals surface area contributed by atoms with Crippen molar-refractivity contribution in [3.05, 3.63) is 0 Å². The molecule has 0 amide bonds. The highest BCUT2D eigenvalue weighted by Gasteiger charge is 2.09. The molecule has 0 bridgehead atoms. The molecule has 0 heterocycles. The number of unbranched alkanes of at least 4 members (excludes halogenated alkanes) is 3. The molecule has 0 aromatic heterocycles. The van der Waals surface area contributed by atoms with Crippen molar-refractivity contribution in [2.45, 2.75) is 72.1 Å². The quantitative estimate of drug-likeness (QED) is 0.404. The van der Waals surface area contributed by atoms with E-state index >= 15 is 0 Å². The van der Waals surface area contributed by atoms with Gasteiger partial charge in [0, 0.05) is 0 Å². The maximum Gasteiger partial charge on any atom is 0.306 e. The van der Waals surface area contributed by atoms with Crippen molar-refractivity contribution in [3.63, 3.8) is 0 Å². The van der Waals surface area contributed by atoms with Gasteiger partial charge in [-0.3, -0.25) is 9.59 Å². The summed E-state index contributed by atoms with van der Waals surface area (Å²) in [5, 5.41) is 0. The maximum absolute atomic E-state index is 11.4. The first kappa shape index (κ1) is 18.9. The average molecular weight is 286 g/mol. The Bertz CT molecular complexity index is 263. The van der Waals surface area contributed by atoms with Gasteiger partial charge in [-0.05, 0) is 18.8 Å². The van der Waals surface area contributed by atoms with Crippen LogP contribution >= 0.6 is 0 Å². The van der Waals surface area contributed by atoms with E-state index in [1.165, 1.54) is 6.42 Å². The van der Waals surface area contributed by atoms with Gasteiger partial charge in [0.25, 0.3) is 0 Å². The van der Waals surface area contributed by atoms with Gasteiger partial charge in [-0.1, -0.05) is 46.5 Å². The number of ether oxygens (including phenoxy) is 2. The molecule has 1 unspecified atom stereocenters. The second kappa shape index (κ2) is 12.9. The van der Waals surface area contributed by atoms with E-state index in [2.05, 4.69) is 20.8 Å². The largest absolute Gasteiger partial charge is 0.466 e. The van der Waals surface area contributed by atoms with Crippen LogP contribution in [0.3, 0.4) is 0 Å². The summed E-state index contributed by atoms with van der Waals surface area (Å²) < 4.78 is 10.1. The van der Waals surface area contributed by atoms with Crippen molar-refractivity contribution in [2.24, 2.45) is 5.92 Å². The van der Waals surface area contributed by atoms with Crippen LogP contribution in [0.4, 0.5) is 0 Å². The normalized spacial score (nSPS) is 11.9. The van der Waals surface area contributed by atoms with Crippen LogP contribution in [0, 0.1) is 5.92 Å². The van der Waals surface area contributed by atoms with Gasteiger partial charge in [0.1, 0.15) is 0 Å². The fraction of sp³-hybridized carbons (Fsp3) is 0.875. The van der Waals surface area contributed by atoms with Gasteiger partial charge in [-0.15, -0.1) is 0 Å². The molecule has 4 nitrogen and oxygen atoms in total. The van der Waals surface area contributed by atoms with E-state index in [-0.39, 0.29) is 24.8 Å². The summed E-state index contributed by atoms with van der Waals surface area (Å²) in [5.41, 5.74) is 0. The minimum atomic E-state index is -0.309. The summed E-state index contributed by atoms with van der Waals surface area (Å²) in [6, 6.07) is 0. The van der Waals surface area contributed by atoms with Crippen molar-refractivity contribution < 1.29 is 19.1 Å². The minimum absolute atomic E-state index is 0.119. The first-order chi connectivity index (χ1) is 9.60. The van der Waals surface area contributed by atoms with Crippen molar-refractivity contribution >= 4 is 11.9 Å². The lowest BCUT2D eigenvalue weighted by Gasteiger charge is -2.09. The first-order valence-corrected chi connectivity index (χ1v) is 7.91. The number of hydrogen-bond acceptors (Lipinski definition) is 4. The Morgan fingerprint density at radius 3 is 2.05 bits per heavy atom. The van der Waals surface area contributed by atoms with Gasteiger partial charge in [0.05, 0.1) is 26.1 Å². The van der Waals surface area contributed by atoms with Crippen molar-refractivity contribution in [2.75, 3.05) is 13.2 Å². The zero-order chi connectivity index (χ0) is 15.2. The Kier molecular flexibility index (Phi) is 12.3. The summed E-state index contributed by atoms with van der Waals surface area (Å²) >= 11 is 0. The van der Waals surface area contributed by atoms with Gasteiger partial charge in [-0.25, -0.2) is 0 Å². The highest BCUT2D eigenvalue weighted by atomic mass is 16.5. The summed E-state index contributed by atoms with van der Waals surface area (Å²) in [6.45, 7) is 7.29. The third-order valence-corrected chi connectivity index (χ3v) is 3.36. The zero-order valence-corrected chi connectivity index (χ0v) is 13.3. The summed E-state index contributed by atoms with van der Waals surface area (Å²) in [4.78, 5) is 22.8. The predicted octanol–water partition coefficient (Wildman–Crippen LogP) is 3.87. The van der Waals surface area contributed by atoms with Gasteiger partial charge >= 0.3 is 11.9 Å². The zero-order valence-electron chi connectivity index (χ0n) is 13.3. The van der Waals surface area contributed by atoms with Crippen molar-refractivity contribution in [1.82, 2.24) is 0 Å². The molecule has 0 aliphatic carbocycles. The predicted molar refractivity (Wildman–Crippen MR) is 79.4 cm³/mol. The Labute approximate surface area is 123 Å². The molecule has 0 aliphatic heterocycles. The van der Waals surface area contributed by atoms with Crippen LogP contribution in [0.5, 0.6) is 0 Å². The van der Waals surface area contributed by atoms with Gasteiger partial charge in [0.2, 0.25) is 0 Å². The molecular weight excluding hydrogens is 256 g/mol. The fourth-order valence-corrected chi connectivity index (χ4v) is 1.64. The Morgan fingerprint density at radius 1 is 0.900 bits per heavy atom. The monoisotopic (exact) mass is 286 g/mol. The van der Waals surface area contributed by atoms with Gasteiger partial charge in [0.15, 0.2) is 0 Å². The molecule has 0 spiro atoms. The number of esters is 2. The molecule has 118 valence electrons. The van der Waals surface area contributed by atoms with Gasteiger partial charge in [-0.2, -0.15) is 0 Å². The topological polar surface area (TPSA) is 52.6 Å². The molecule has 4 heteroatoms. The van der Waals surface area contributed by atoms with E-state index in [1.807, 2.05) is 0 Å². The SMILES string of the molecule is CCCCCCOC(=O)CCC(=O)OCCC(C)CC. The van der Waals surface area contributed by atoms with Crippen LogP contribution in [0.2, 0.25) is 0 Å². The van der Waals surface area contributed by atoms with Gasteiger partial charge < -0.3 is 9.47 Å². The molecular formula is C16H30O4. The molecule has 0 rings (SSSR count). The molecule has 0 fully saturated rings. The fourth-order valence-electron chi connectivity index (χ4n) is 1.64. The highest BCUT2D eigenvalue weighted by molar-refractivity contribution is 5.77. The lowest BCUT2D eigenvalue weighted by molar-refractivity contribution is -0.150. The summed E-state index contributed by atoms with van der Waals surface area (Å²) in [5.74, 6) is -0.0486. The van der Waals surface area contributed by atoms with Crippen LogP contribution in [0.25, 0.3) is 0 Å². The lowest BCUT2D eigenvalue weighted by atomic mass is 10.1. The molecule has 0 radical (unpaired) electrons. The van der Waals surface area contributed by atoms with Crippen LogP contribution < -0.4 is 0 Å². The van der Waals surface area contributed by atoms with Crippen LogP contribution in [0.15, 0.2) is 0 Å². The van der Waals surface area contributed by atoms with E-state index in [9.17, 15) is 9.59 Å². The number of carbonyl (C=O) groups excluding carboxylic acids is 2. The van der Waals surface area contributed by atoms with Crippen LogP contribution in [0.1, 0.15) is 72.1 Å². The second-order valence-corrected chi connectivity index (χ2v) is 5.30. The van der Waals surface area contributed by atoms with Crippen LogP contribution in [-0.4, -0.2) is 25.2 Å². The van der Waals surface area contributed by atoms with Crippen LogP contribution in [-0.2, 0) is 19.1 Å². The second-order valence-electron chi connectivity index (χ2n) is 5.30. The van der Waals surface area contributed by atoms with E-state index in [1.54, 1.807) is 0 Å². The third-order valence-electron chi connectivity index (χ3n) is 3.36. The smallest absolute Gasteiger partial charge is 0.306 e. The molecule has 20 heavy (non-hydrogen) atoms. The third kappa shape index (κ3) is 12.0. The summed E-state index contributed by atoms with van der Waals surface area (Å²) in [7, 11) is 0. The van der Waals surface area contributed by atoms with E-state index < -0.39 is 0 Å². The van der Waals surface area contributed by atoms with Crippen molar-refractivity contribution in [3.8, 4) is 0 Å². The molecule has 0 aromatic rings. The average Bonchev–Trinajstić information content (AvgIpc) is 2.44. The first-order valence-electron chi connectivity index (χ1n) is 7.91. The van der Waals surface area contributed by atoms with E-state index in [0.29, 0.717) is 19.1 Å². The maximum atomic E-state index is 11.4. The molecule has 0 saturated carbocycles. The number of hydrogen-bond donors (Lipinski definition) is 0. The van der Waals surface area contributed by atoms with Crippen molar-refractivity contribution in [1.29, 1.82) is 0 Å². The number of carbonyl (C=O) groups is 2. The Balaban J connectivity index is 3.46. The Morgan fingerprint density at radius 2 is 1.50 bits per heavy atom. The van der Waals surface area contributed by atoms with E-state index in [0.717, 1.165) is 32.1 Å². The molecule has 1 atom stereocenters. The molecule has 0 saturated heterocycles. The molecule has 0 N–H and O–H groups in total. The standard InChI is InChI=1S/C16H30O4/c1-4-6-7-8-12-19-15(17)9-10-16(18)20-13-11-14(3)5-2/h14H,4-13H2,1-3H3. The lowest BCUT2D eigenvalue weighted by Crippen LogP contribution is -2.12. The van der Waals surface area contributed by atoms with E-state index in [4.69, 9.17) is 9.47 Å². The highest BCUT2D eigenvalue weighted by Crippen LogP contribution is 2.07. The summed E-state index contributed by atoms with van der Waals surface area (Å²) in [6.07, 6.45) is 6.52. The Hall–Kier alpha value is -1.06.